The number of carbonyl (C=O) groups excluding carboxylic acids is 2. The topological polar surface area (TPSA) is 144 Å². The van der Waals surface area contributed by atoms with Crippen molar-refractivity contribution < 1.29 is 43.9 Å². The molecule has 2 aliphatic rings. The lowest BCUT2D eigenvalue weighted by atomic mass is 9.78. The predicted octanol–water partition coefficient (Wildman–Crippen LogP) is 2.10. The van der Waals surface area contributed by atoms with E-state index in [9.17, 15) is 24.9 Å². The normalized spacial score (nSPS) is 37.1. The number of hydrogen-bond donors (Lipinski definition) is 4. The van der Waals surface area contributed by atoms with Gasteiger partial charge in [-0.15, -0.1) is 0 Å². The zero-order chi connectivity index (χ0) is 29.4. The van der Waals surface area contributed by atoms with Crippen molar-refractivity contribution in [2.24, 2.45) is 10.8 Å². The van der Waals surface area contributed by atoms with E-state index in [1.54, 1.807) is 20.8 Å². The average Bonchev–Trinajstić information content (AvgIpc) is 2.72. The van der Waals surface area contributed by atoms with Gasteiger partial charge in [-0.1, -0.05) is 48.5 Å². The van der Waals surface area contributed by atoms with Gasteiger partial charge in [0.2, 0.25) is 5.91 Å². The number of hydrogen-bond acceptors (Lipinski definition) is 9. The molecule has 0 spiro atoms. The molecule has 2 fully saturated rings. The van der Waals surface area contributed by atoms with E-state index in [0.717, 1.165) is 0 Å². The van der Waals surface area contributed by atoms with Crippen molar-refractivity contribution >= 4 is 11.7 Å². The van der Waals surface area contributed by atoms with E-state index in [4.69, 9.17) is 18.9 Å². The van der Waals surface area contributed by atoms with Crippen molar-refractivity contribution in [3.8, 4) is 0 Å². The van der Waals surface area contributed by atoms with Crippen LogP contribution in [0.1, 0.15) is 89.0 Å². The zero-order valence-electron chi connectivity index (χ0n) is 25.0. The Bertz CT molecular complexity index is 813. The third-order valence-electron chi connectivity index (χ3n) is 6.69. The van der Waals surface area contributed by atoms with Crippen molar-refractivity contribution in [1.29, 1.82) is 0 Å². The van der Waals surface area contributed by atoms with E-state index in [2.05, 4.69) is 5.32 Å². The third kappa shape index (κ3) is 8.43. The van der Waals surface area contributed by atoms with Gasteiger partial charge < -0.3 is 39.6 Å². The molecule has 0 aliphatic carbocycles. The monoisotopic (exact) mass is 545 g/mol. The molecule has 4 N–H and O–H groups in total. The molecule has 0 aromatic heterocycles. The summed E-state index contributed by atoms with van der Waals surface area (Å²) in [5.41, 5.74) is -1.53. The number of carbonyl (C=O) groups is 2. The first-order valence-electron chi connectivity index (χ1n) is 13.6. The van der Waals surface area contributed by atoms with Gasteiger partial charge in [-0.25, -0.2) is 0 Å². The molecule has 0 saturated carbocycles. The standard InChI is InChI=1S/C28H51NO9/c1-12-16-18(32)22(17(29-14(2)30)24(35-16)27(6,7)8)37-25-20(34)19(33)23(38-28(9,10)11)21(36-25)15(31)13-26(3,4)5/h16-25,32-34H,12-13H2,1-11H3,(H,29,30). The number of amides is 1. The SMILES string of the molecule is CCC1OC(C(C)(C)C)C(NC(C)=O)C(OC2OC(C(=O)CC(C)(C)C)C(OC(C)(C)C)C(O)C2O)C1O. The summed E-state index contributed by atoms with van der Waals surface area (Å²) in [5, 5.41) is 36.3. The van der Waals surface area contributed by atoms with Crippen LogP contribution in [0.3, 0.4) is 0 Å². The summed E-state index contributed by atoms with van der Waals surface area (Å²) >= 11 is 0. The van der Waals surface area contributed by atoms with Crippen LogP contribution in [0.4, 0.5) is 0 Å². The van der Waals surface area contributed by atoms with Crippen LogP contribution in [-0.2, 0) is 28.5 Å². The zero-order valence-corrected chi connectivity index (χ0v) is 25.0. The highest BCUT2D eigenvalue weighted by atomic mass is 16.7. The van der Waals surface area contributed by atoms with Gasteiger partial charge in [0.05, 0.1) is 23.9 Å². The molecule has 38 heavy (non-hydrogen) atoms. The smallest absolute Gasteiger partial charge is 0.217 e. The van der Waals surface area contributed by atoms with E-state index in [1.807, 2.05) is 48.5 Å². The minimum atomic E-state index is -1.58. The van der Waals surface area contributed by atoms with Crippen LogP contribution in [0.5, 0.6) is 0 Å². The number of rotatable bonds is 7. The van der Waals surface area contributed by atoms with Crippen molar-refractivity contribution in [2.75, 3.05) is 0 Å². The van der Waals surface area contributed by atoms with Crippen molar-refractivity contribution in [2.45, 2.75) is 156 Å². The Kier molecular flexibility index (Phi) is 10.6. The molecule has 2 rings (SSSR count). The second-order valence-corrected chi connectivity index (χ2v) is 14.0. The highest BCUT2D eigenvalue weighted by molar-refractivity contribution is 5.84. The second-order valence-electron chi connectivity index (χ2n) is 14.0. The van der Waals surface area contributed by atoms with Crippen LogP contribution in [0.2, 0.25) is 0 Å². The van der Waals surface area contributed by atoms with E-state index >= 15 is 0 Å². The molecule has 0 aromatic carbocycles. The lowest BCUT2D eigenvalue weighted by molar-refractivity contribution is -0.335. The van der Waals surface area contributed by atoms with E-state index in [-0.39, 0.29) is 23.5 Å². The van der Waals surface area contributed by atoms with Crippen molar-refractivity contribution in [3.05, 3.63) is 0 Å². The van der Waals surface area contributed by atoms with Crippen LogP contribution in [-0.4, -0.2) is 93.8 Å². The number of aliphatic hydroxyl groups is 3. The van der Waals surface area contributed by atoms with Crippen LogP contribution < -0.4 is 5.32 Å². The molecule has 222 valence electrons. The Morgan fingerprint density at radius 2 is 1.45 bits per heavy atom. The fourth-order valence-corrected chi connectivity index (χ4v) is 5.11. The maximum atomic E-state index is 13.4. The maximum absolute atomic E-state index is 13.4. The Hall–Kier alpha value is -1.14. The molecule has 0 bridgehead atoms. The summed E-state index contributed by atoms with van der Waals surface area (Å²) in [6.07, 6.45) is -9.62. The molecule has 2 heterocycles. The quantitative estimate of drug-likeness (QED) is 0.378. The number of aliphatic hydroxyl groups excluding tert-OH is 3. The summed E-state index contributed by atoms with van der Waals surface area (Å²) in [5.74, 6) is -0.637. The minimum absolute atomic E-state index is 0.148. The van der Waals surface area contributed by atoms with Gasteiger partial charge in [0.1, 0.15) is 36.6 Å². The molecule has 10 unspecified atom stereocenters. The Morgan fingerprint density at radius 1 is 0.868 bits per heavy atom. The molecule has 0 radical (unpaired) electrons. The highest BCUT2D eigenvalue weighted by Crippen LogP contribution is 2.38. The minimum Gasteiger partial charge on any atom is -0.388 e. The second kappa shape index (κ2) is 12.2. The highest BCUT2D eigenvalue weighted by Gasteiger charge is 2.54. The van der Waals surface area contributed by atoms with Gasteiger partial charge in [-0.3, -0.25) is 9.59 Å². The molecular formula is C28H51NO9. The molecule has 0 aromatic rings. The Morgan fingerprint density at radius 3 is 1.89 bits per heavy atom. The summed E-state index contributed by atoms with van der Waals surface area (Å²) in [4.78, 5) is 25.5. The number of ether oxygens (including phenoxy) is 4. The maximum Gasteiger partial charge on any atom is 0.217 e. The van der Waals surface area contributed by atoms with Gasteiger partial charge in [0, 0.05) is 13.3 Å². The molecule has 2 aliphatic heterocycles. The summed E-state index contributed by atoms with van der Waals surface area (Å²) in [6.45, 7) is 20.2. The molecular weight excluding hydrogens is 494 g/mol. The largest absolute Gasteiger partial charge is 0.388 e. The lowest BCUT2D eigenvalue weighted by Crippen LogP contribution is -2.69. The van der Waals surface area contributed by atoms with Gasteiger partial charge >= 0.3 is 0 Å². The lowest BCUT2D eigenvalue weighted by Gasteiger charge is -2.51. The number of ketones is 1. The van der Waals surface area contributed by atoms with Gasteiger partial charge in [-0.05, 0) is 38.0 Å². The first-order valence-corrected chi connectivity index (χ1v) is 13.6. The van der Waals surface area contributed by atoms with E-state index in [1.165, 1.54) is 6.92 Å². The third-order valence-corrected chi connectivity index (χ3v) is 6.69. The Labute approximate surface area is 227 Å². The van der Waals surface area contributed by atoms with E-state index in [0.29, 0.717) is 6.42 Å². The molecule has 10 heteroatoms. The fraction of sp³-hybridized carbons (Fsp3) is 0.929. The first-order chi connectivity index (χ1) is 17.2. The summed E-state index contributed by atoms with van der Waals surface area (Å²) in [7, 11) is 0. The Balaban J connectivity index is 2.46. The van der Waals surface area contributed by atoms with Gasteiger partial charge in [-0.2, -0.15) is 0 Å². The van der Waals surface area contributed by atoms with Crippen molar-refractivity contribution in [3.63, 3.8) is 0 Å². The van der Waals surface area contributed by atoms with Crippen LogP contribution in [0.25, 0.3) is 0 Å². The summed E-state index contributed by atoms with van der Waals surface area (Å²) in [6, 6.07) is -0.787. The van der Waals surface area contributed by atoms with Crippen LogP contribution in [0, 0.1) is 10.8 Å². The fourth-order valence-electron chi connectivity index (χ4n) is 5.11. The predicted molar refractivity (Wildman–Crippen MR) is 141 cm³/mol. The summed E-state index contributed by atoms with van der Waals surface area (Å²) < 4.78 is 24.5. The van der Waals surface area contributed by atoms with Crippen molar-refractivity contribution in [1.82, 2.24) is 5.32 Å². The average molecular weight is 546 g/mol. The number of nitrogens with one attached hydrogen (secondary N) is 1. The molecule has 2 saturated heterocycles. The molecule has 10 atom stereocenters. The molecule has 10 nitrogen and oxygen atoms in total. The number of Topliss-reactive ketones (excluding diaryl/α,β-unsaturated/α-hetero) is 1. The van der Waals surface area contributed by atoms with Crippen LogP contribution >= 0.6 is 0 Å². The van der Waals surface area contributed by atoms with E-state index < -0.39 is 72.2 Å². The first kappa shape index (κ1) is 33.1. The molecule has 1 amide bonds. The van der Waals surface area contributed by atoms with Gasteiger partial charge in [0.25, 0.3) is 0 Å². The van der Waals surface area contributed by atoms with Gasteiger partial charge in [0.15, 0.2) is 12.1 Å². The van der Waals surface area contributed by atoms with Crippen LogP contribution in [0.15, 0.2) is 0 Å².